The number of piperazine rings is 1. The summed E-state index contributed by atoms with van der Waals surface area (Å²) in [4.78, 5) is 17.0. The number of likely N-dealkylation sites (N-methyl/N-ethyl adjacent to an activating group) is 1. The van der Waals surface area contributed by atoms with Crippen molar-refractivity contribution in [1.82, 2.24) is 10.2 Å². The van der Waals surface area contributed by atoms with Crippen LogP contribution < -0.4 is 10.2 Å². The first kappa shape index (κ1) is 18.1. The molecule has 0 spiro atoms. The second-order valence-electron chi connectivity index (χ2n) is 7.43. The SMILES string of the molecule is CC(NC(=O)C1(O)CCCC1)c1cc(F)ccc1N1CCN(C)CC1. The summed E-state index contributed by atoms with van der Waals surface area (Å²) in [5.41, 5.74) is 0.454. The van der Waals surface area contributed by atoms with E-state index in [0.29, 0.717) is 12.8 Å². The molecule has 25 heavy (non-hydrogen) atoms. The van der Waals surface area contributed by atoms with Crippen molar-refractivity contribution >= 4 is 11.6 Å². The van der Waals surface area contributed by atoms with Gasteiger partial charge in [0.2, 0.25) is 0 Å². The minimum Gasteiger partial charge on any atom is -0.380 e. The summed E-state index contributed by atoms with van der Waals surface area (Å²) in [5.74, 6) is -0.653. The van der Waals surface area contributed by atoms with Crippen LogP contribution in [-0.2, 0) is 4.79 Å². The summed E-state index contributed by atoms with van der Waals surface area (Å²) >= 11 is 0. The quantitative estimate of drug-likeness (QED) is 0.874. The van der Waals surface area contributed by atoms with Gasteiger partial charge in [-0.05, 0) is 57.9 Å². The van der Waals surface area contributed by atoms with E-state index in [1.54, 1.807) is 6.07 Å². The Morgan fingerprint density at radius 2 is 1.88 bits per heavy atom. The molecular formula is C19H28FN3O2. The number of rotatable bonds is 4. The number of carbonyl (C=O) groups excluding carboxylic acids is 1. The van der Waals surface area contributed by atoms with Gasteiger partial charge < -0.3 is 20.2 Å². The van der Waals surface area contributed by atoms with Crippen molar-refractivity contribution in [3.8, 4) is 0 Å². The molecule has 6 heteroatoms. The maximum Gasteiger partial charge on any atom is 0.252 e. The fourth-order valence-electron chi connectivity index (χ4n) is 3.80. The molecule has 1 atom stereocenters. The van der Waals surface area contributed by atoms with E-state index in [1.165, 1.54) is 12.1 Å². The minimum absolute atomic E-state index is 0.312. The second kappa shape index (κ2) is 7.30. The average Bonchev–Trinajstić information content (AvgIpc) is 3.04. The molecule has 1 saturated carbocycles. The number of nitrogens with one attached hydrogen (secondary N) is 1. The van der Waals surface area contributed by atoms with Crippen LogP contribution in [0, 0.1) is 5.82 Å². The summed E-state index contributed by atoms with van der Waals surface area (Å²) in [6, 6.07) is 4.40. The van der Waals surface area contributed by atoms with E-state index in [4.69, 9.17) is 0 Å². The number of hydrogen-bond donors (Lipinski definition) is 2. The third-order valence-electron chi connectivity index (χ3n) is 5.50. The van der Waals surface area contributed by atoms with Gasteiger partial charge in [0.1, 0.15) is 11.4 Å². The lowest BCUT2D eigenvalue weighted by Gasteiger charge is -2.36. The van der Waals surface area contributed by atoms with Crippen LogP contribution in [0.4, 0.5) is 10.1 Å². The molecule has 1 aliphatic carbocycles. The first-order valence-electron chi connectivity index (χ1n) is 9.15. The van der Waals surface area contributed by atoms with E-state index in [2.05, 4.69) is 22.2 Å². The van der Waals surface area contributed by atoms with Crippen molar-refractivity contribution in [3.63, 3.8) is 0 Å². The number of nitrogens with zero attached hydrogens (tertiary/aromatic N) is 2. The first-order chi connectivity index (χ1) is 11.9. The monoisotopic (exact) mass is 349 g/mol. The predicted molar refractivity (Wildman–Crippen MR) is 96.1 cm³/mol. The topological polar surface area (TPSA) is 55.8 Å². The lowest BCUT2D eigenvalue weighted by atomic mass is 9.99. The molecule has 1 aromatic rings. The molecule has 0 aromatic heterocycles. The molecule has 0 bridgehead atoms. The number of benzene rings is 1. The number of anilines is 1. The number of carbonyl (C=O) groups is 1. The van der Waals surface area contributed by atoms with E-state index in [-0.39, 0.29) is 17.8 Å². The zero-order valence-corrected chi connectivity index (χ0v) is 15.1. The van der Waals surface area contributed by atoms with Gasteiger partial charge in [-0.25, -0.2) is 4.39 Å². The maximum absolute atomic E-state index is 13.9. The highest BCUT2D eigenvalue weighted by Gasteiger charge is 2.39. The molecule has 1 heterocycles. The first-order valence-corrected chi connectivity index (χ1v) is 9.15. The Balaban J connectivity index is 1.78. The van der Waals surface area contributed by atoms with Crippen LogP contribution in [0.5, 0.6) is 0 Å². The molecule has 5 nitrogen and oxygen atoms in total. The van der Waals surface area contributed by atoms with E-state index in [9.17, 15) is 14.3 Å². The molecule has 1 aromatic carbocycles. The molecule has 138 valence electrons. The molecule has 1 saturated heterocycles. The molecule has 1 amide bonds. The Morgan fingerprint density at radius 3 is 2.52 bits per heavy atom. The maximum atomic E-state index is 13.9. The van der Waals surface area contributed by atoms with Gasteiger partial charge in [0.25, 0.3) is 5.91 Å². The second-order valence-corrected chi connectivity index (χ2v) is 7.43. The van der Waals surface area contributed by atoms with Gasteiger partial charge in [0, 0.05) is 37.4 Å². The van der Waals surface area contributed by atoms with E-state index in [1.807, 2.05) is 6.92 Å². The van der Waals surface area contributed by atoms with Gasteiger partial charge in [-0.15, -0.1) is 0 Å². The van der Waals surface area contributed by atoms with Crippen molar-refractivity contribution in [2.75, 3.05) is 38.1 Å². The standard InChI is InChI=1S/C19H28FN3O2/c1-14(21-18(24)19(25)7-3-4-8-19)16-13-15(20)5-6-17(16)23-11-9-22(2)10-12-23/h5-6,13-14,25H,3-4,7-12H2,1-2H3,(H,21,24). The Kier molecular flexibility index (Phi) is 5.29. The third-order valence-corrected chi connectivity index (χ3v) is 5.50. The van der Waals surface area contributed by atoms with Crippen LogP contribution in [0.2, 0.25) is 0 Å². The Hall–Kier alpha value is -1.66. The number of halogens is 1. The zero-order chi connectivity index (χ0) is 18.0. The van der Waals surface area contributed by atoms with Crippen molar-refractivity contribution in [3.05, 3.63) is 29.6 Å². The fraction of sp³-hybridized carbons (Fsp3) is 0.632. The van der Waals surface area contributed by atoms with Gasteiger partial charge in [0.15, 0.2) is 0 Å². The summed E-state index contributed by atoms with van der Waals surface area (Å²) < 4.78 is 13.9. The highest BCUT2D eigenvalue weighted by atomic mass is 19.1. The van der Waals surface area contributed by atoms with E-state index < -0.39 is 5.60 Å². The van der Waals surface area contributed by atoms with Crippen molar-refractivity contribution in [2.45, 2.75) is 44.2 Å². The van der Waals surface area contributed by atoms with Gasteiger partial charge in [-0.3, -0.25) is 4.79 Å². The van der Waals surface area contributed by atoms with Crippen molar-refractivity contribution in [1.29, 1.82) is 0 Å². The summed E-state index contributed by atoms with van der Waals surface area (Å²) in [6.45, 7) is 5.51. The van der Waals surface area contributed by atoms with Crippen LogP contribution in [0.3, 0.4) is 0 Å². The lowest BCUT2D eigenvalue weighted by Crippen LogP contribution is -2.47. The fourth-order valence-corrected chi connectivity index (χ4v) is 3.80. The Bertz CT molecular complexity index is 623. The molecule has 2 fully saturated rings. The zero-order valence-electron chi connectivity index (χ0n) is 15.1. The Morgan fingerprint density at radius 1 is 1.24 bits per heavy atom. The van der Waals surface area contributed by atoms with Crippen molar-refractivity contribution < 1.29 is 14.3 Å². The summed E-state index contributed by atoms with van der Waals surface area (Å²) in [7, 11) is 2.09. The molecule has 2 N–H and O–H groups in total. The van der Waals surface area contributed by atoms with Crippen LogP contribution in [0.15, 0.2) is 18.2 Å². The van der Waals surface area contributed by atoms with E-state index >= 15 is 0 Å². The highest BCUT2D eigenvalue weighted by Crippen LogP contribution is 2.32. The summed E-state index contributed by atoms with van der Waals surface area (Å²) in [5, 5.41) is 13.4. The van der Waals surface area contributed by atoms with Crippen LogP contribution in [0.1, 0.15) is 44.2 Å². The average molecular weight is 349 g/mol. The molecule has 1 unspecified atom stereocenters. The van der Waals surface area contributed by atoms with Gasteiger partial charge in [-0.1, -0.05) is 0 Å². The lowest BCUT2D eigenvalue weighted by molar-refractivity contribution is -0.139. The van der Waals surface area contributed by atoms with Crippen molar-refractivity contribution in [2.24, 2.45) is 0 Å². The van der Waals surface area contributed by atoms with E-state index in [0.717, 1.165) is 50.3 Å². The number of hydrogen-bond acceptors (Lipinski definition) is 4. The molecule has 2 aliphatic rings. The molecular weight excluding hydrogens is 321 g/mol. The minimum atomic E-state index is -1.27. The van der Waals surface area contributed by atoms with Crippen LogP contribution in [0.25, 0.3) is 0 Å². The van der Waals surface area contributed by atoms with Crippen LogP contribution in [-0.4, -0.2) is 54.7 Å². The molecule has 0 radical (unpaired) electrons. The van der Waals surface area contributed by atoms with Crippen LogP contribution >= 0.6 is 0 Å². The number of aliphatic hydroxyl groups is 1. The normalized spacial score (nSPS) is 22.0. The number of amides is 1. The Labute approximate surface area is 148 Å². The van der Waals surface area contributed by atoms with Gasteiger partial charge in [-0.2, -0.15) is 0 Å². The highest BCUT2D eigenvalue weighted by molar-refractivity contribution is 5.85. The molecule has 1 aliphatic heterocycles. The largest absolute Gasteiger partial charge is 0.380 e. The van der Waals surface area contributed by atoms with Gasteiger partial charge in [0.05, 0.1) is 6.04 Å². The summed E-state index contributed by atoms with van der Waals surface area (Å²) in [6.07, 6.45) is 2.73. The smallest absolute Gasteiger partial charge is 0.252 e. The predicted octanol–water partition coefficient (Wildman–Crippen LogP) is 2.06. The van der Waals surface area contributed by atoms with Gasteiger partial charge >= 0.3 is 0 Å². The molecule has 3 rings (SSSR count). The third kappa shape index (κ3) is 3.96.